The van der Waals surface area contributed by atoms with E-state index in [1.54, 1.807) is 19.3 Å². The number of nitrogens with zero attached hydrogens (tertiary/aromatic N) is 2. The maximum absolute atomic E-state index is 12.7. The largest absolute Gasteiger partial charge is 0.335 e. The van der Waals surface area contributed by atoms with Crippen molar-refractivity contribution in [3.8, 4) is 0 Å². The van der Waals surface area contributed by atoms with Gasteiger partial charge >= 0.3 is 0 Å². The Balaban J connectivity index is 2.21. The van der Waals surface area contributed by atoms with Crippen LogP contribution in [-0.2, 0) is 4.79 Å². The second-order valence-electron chi connectivity index (χ2n) is 5.66. The SMILES string of the molecule is CC(=O)CC1CCCCCN1C(=O)c1cncc(C)c1. The first-order valence-corrected chi connectivity index (χ1v) is 7.30. The summed E-state index contributed by atoms with van der Waals surface area (Å²) in [7, 11) is 0. The van der Waals surface area contributed by atoms with Crippen molar-refractivity contribution in [3.63, 3.8) is 0 Å². The molecule has 0 bridgehead atoms. The van der Waals surface area contributed by atoms with Crippen molar-refractivity contribution in [2.24, 2.45) is 0 Å². The van der Waals surface area contributed by atoms with E-state index in [9.17, 15) is 9.59 Å². The third kappa shape index (κ3) is 3.65. The average molecular weight is 274 g/mol. The summed E-state index contributed by atoms with van der Waals surface area (Å²) in [6, 6.07) is 1.91. The number of aromatic nitrogens is 1. The number of rotatable bonds is 3. The molecule has 1 aliphatic rings. The van der Waals surface area contributed by atoms with Gasteiger partial charge in [-0.2, -0.15) is 0 Å². The van der Waals surface area contributed by atoms with Crippen molar-refractivity contribution in [2.45, 2.75) is 52.0 Å². The van der Waals surface area contributed by atoms with Crippen LogP contribution in [0.25, 0.3) is 0 Å². The lowest BCUT2D eigenvalue weighted by Crippen LogP contribution is -2.41. The van der Waals surface area contributed by atoms with Crippen LogP contribution in [0.5, 0.6) is 0 Å². The van der Waals surface area contributed by atoms with E-state index < -0.39 is 0 Å². The number of ketones is 1. The zero-order valence-corrected chi connectivity index (χ0v) is 12.3. The fraction of sp³-hybridized carbons (Fsp3) is 0.562. The van der Waals surface area contributed by atoms with Crippen LogP contribution in [0.1, 0.15) is 54.9 Å². The Bertz CT molecular complexity index is 499. The quantitative estimate of drug-likeness (QED) is 0.851. The molecule has 0 radical (unpaired) electrons. The summed E-state index contributed by atoms with van der Waals surface area (Å²) in [4.78, 5) is 30.1. The zero-order valence-electron chi connectivity index (χ0n) is 12.3. The summed E-state index contributed by atoms with van der Waals surface area (Å²) in [6.45, 7) is 4.27. The number of pyridine rings is 1. The molecule has 2 heterocycles. The second-order valence-corrected chi connectivity index (χ2v) is 5.66. The number of carbonyl (C=O) groups excluding carboxylic acids is 2. The van der Waals surface area contributed by atoms with Crippen LogP contribution in [0.2, 0.25) is 0 Å². The van der Waals surface area contributed by atoms with Crippen molar-refractivity contribution in [1.82, 2.24) is 9.88 Å². The summed E-state index contributed by atoms with van der Waals surface area (Å²) in [6.07, 6.45) is 7.98. The number of Topliss-reactive ketones (excluding diaryl/α,β-unsaturated/α-hetero) is 1. The predicted molar refractivity (Wildman–Crippen MR) is 77.6 cm³/mol. The first-order chi connectivity index (χ1) is 9.58. The molecule has 1 saturated heterocycles. The van der Waals surface area contributed by atoms with Gasteiger partial charge in [0, 0.05) is 31.4 Å². The lowest BCUT2D eigenvalue weighted by Gasteiger charge is -2.29. The molecule has 0 aliphatic carbocycles. The maximum atomic E-state index is 12.7. The highest BCUT2D eigenvalue weighted by molar-refractivity contribution is 5.94. The minimum Gasteiger partial charge on any atom is -0.335 e. The molecule has 1 amide bonds. The lowest BCUT2D eigenvalue weighted by atomic mass is 10.0. The lowest BCUT2D eigenvalue weighted by molar-refractivity contribution is -0.118. The average Bonchev–Trinajstić information content (AvgIpc) is 2.63. The van der Waals surface area contributed by atoms with Crippen LogP contribution in [-0.4, -0.2) is 34.2 Å². The molecule has 0 N–H and O–H groups in total. The normalized spacial score (nSPS) is 19.5. The molecular formula is C16H22N2O2. The smallest absolute Gasteiger partial charge is 0.255 e. The Morgan fingerprint density at radius 3 is 2.80 bits per heavy atom. The van der Waals surface area contributed by atoms with Gasteiger partial charge in [0.15, 0.2) is 0 Å². The van der Waals surface area contributed by atoms with Crippen LogP contribution < -0.4 is 0 Å². The van der Waals surface area contributed by atoms with Gasteiger partial charge in [0.25, 0.3) is 5.91 Å². The van der Waals surface area contributed by atoms with E-state index in [2.05, 4.69) is 4.98 Å². The highest BCUT2D eigenvalue weighted by Crippen LogP contribution is 2.22. The van der Waals surface area contributed by atoms with E-state index in [-0.39, 0.29) is 17.7 Å². The molecule has 20 heavy (non-hydrogen) atoms. The van der Waals surface area contributed by atoms with Gasteiger partial charge in [-0.05, 0) is 38.3 Å². The van der Waals surface area contributed by atoms with Crippen LogP contribution in [0, 0.1) is 6.92 Å². The van der Waals surface area contributed by atoms with Crippen LogP contribution in [0.4, 0.5) is 0 Å². The van der Waals surface area contributed by atoms with E-state index in [1.807, 2.05) is 17.9 Å². The summed E-state index contributed by atoms with van der Waals surface area (Å²) in [5.41, 5.74) is 1.61. The van der Waals surface area contributed by atoms with Gasteiger partial charge in [-0.15, -0.1) is 0 Å². The highest BCUT2D eigenvalue weighted by atomic mass is 16.2. The number of hydrogen-bond donors (Lipinski definition) is 0. The molecule has 2 rings (SSSR count). The monoisotopic (exact) mass is 274 g/mol. The first kappa shape index (κ1) is 14.7. The third-order valence-electron chi connectivity index (χ3n) is 3.78. The number of aryl methyl sites for hydroxylation is 1. The Kier molecular flexibility index (Phi) is 4.88. The first-order valence-electron chi connectivity index (χ1n) is 7.30. The minimum absolute atomic E-state index is 0.00866. The Hall–Kier alpha value is -1.71. The van der Waals surface area contributed by atoms with E-state index in [4.69, 9.17) is 0 Å². The summed E-state index contributed by atoms with van der Waals surface area (Å²) < 4.78 is 0. The van der Waals surface area contributed by atoms with Crippen molar-refractivity contribution in [1.29, 1.82) is 0 Å². The van der Waals surface area contributed by atoms with Crippen molar-refractivity contribution in [3.05, 3.63) is 29.6 Å². The number of amides is 1. The molecule has 0 saturated carbocycles. The fourth-order valence-corrected chi connectivity index (χ4v) is 2.83. The van der Waals surface area contributed by atoms with Crippen molar-refractivity contribution in [2.75, 3.05) is 6.54 Å². The van der Waals surface area contributed by atoms with Crippen LogP contribution in [0.15, 0.2) is 18.5 Å². The van der Waals surface area contributed by atoms with Gasteiger partial charge in [0.05, 0.1) is 5.56 Å². The molecule has 0 aromatic carbocycles. The molecular weight excluding hydrogens is 252 g/mol. The molecule has 1 fully saturated rings. The van der Waals surface area contributed by atoms with Crippen LogP contribution >= 0.6 is 0 Å². The molecule has 1 aromatic rings. The van der Waals surface area contributed by atoms with E-state index in [0.29, 0.717) is 12.0 Å². The highest BCUT2D eigenvalue weighted by Gasteiger charge is 2.27. The Labute approximate surface area is 120 Å². The molecule has 0 spiro atoms. The van der Waals surface area contributed by atoms with Crippen molar-refractivity contribution < 1.29 is 9.59 Å². The molecule has 4 nitrogen and oxygen atoms in total. The van der Waals surface area contributed by atoms with Crippen LogP contribution in [0.3, 0.4) is 0 Å². The zero-order chi connectivity index (χ0) is 14.5. The van der Waals surface area contributed by atoms with E-state index in [1.165, 1.54) is 0 Å². The van der Waals surface area contributed by atoms with E-state index >= 15 is 0 Å². The molecule has 4 heteroatoms. The molecule has 1 atom stereocenters. The van der Waals surface area contributed by atoms with Gasteiger partial charge in [-0.1, -0.05) is 12.8 Å². The van der Waals surface area contributed by atoms with Gasteiger partial charge < -0.3 is 4.90 Å². The molecule has 1 aliphatic heterocycles. The van der Waals surface area contributed by atoms with Gasteiger partial charge in [-0.25, -0.2) is 0 Å². The minimum atomic E-state index is 0.00866. The maximum Gasteiger partial charge on any atom is 0.255 e. The summed E-state index contributed by atoms with van der Waals surface area (Å²) in [5.74, 6) is 0.159. The Morgan fingerprint density at radius 1 is 1.30 bits per heavy atom. The number of likely N-dealkylation sites (tertiary alicyclic amines) is 1. The predicted octanol–water partition coefficient (Wildman–Crippen LogP) is 2.75. The van der Waals surface area contributed by atoms with Gasteiger partial charge in [0.1, 0.15) is 5.78 Å². The van der Waals surface area contributed by atoms with Gasteiger partial charge in [-0.3, -0.25) is 14.6 Å². The topological polar surface area (TPSA) is 50.3 Å². The second kappa shape index (κ2) is 6.64. The third-order valence-corrected chi connectivity index (χ3v) is 3.78. The summed E-state index contributed by atoms with van der Waals surface area (Å²) in [5, 5.41) is 0. The van der Waals surface area contributed by atoms with Gasteiger partial charge in [0.2, 0.25) is 0 Å². The standard InChI is InChI=1S/C16H22N2O2/c1-12-8-14(11-17-10-12)16(20)18-7-5-3-4-6-15(18)9-13(2)19/h8,10-11,15H,3-7,9H2,1-2H3. The van der Waals surface area contributed by atoms with Crippen molar-refractivity contribution >= 4 is 11.7 Å². The molecule has 108 valence electrons. The van der Waals surface area contributed by atoms with E-state index in [0.717, 1.165) is 37.8 Å². The summed E-state index contributed by atoms with van der Waals surface area (Å²) >= 11 is 0. The number of hydrogen-bond acceptors (Lipinski definition) is 3. The number of carbonyl (C=O) groups is 2. The Morgan fingerprint density at radius 2 is 2.10 bits per heavy atom. The molecule has 1 unspecified atom stereocenters. The fourth-order valence-electron chi connectivity index (χ4n) is 2.83. The molecule has 1 aromatic heterocycles.